The second-order valence-electron chi connectivity index (χ2n) is 8.10. The normalized spacial score (nSPS) is 17.9. The van der Waals surface area contributed by atoms with E-state index >= 15 is 0 Å². The number of benzene rings is 2. The first-order chi connectivity index (χ1) is 15.6. The van der Waals surface area contributed by atoms with Gasteiger partial charge in [-0.15, -0.1) is 10.2 Å². The average Bonchev–Trinajstić information content (AvgIpc) is 3.42. The zero-order valence-electron chi connectivity index (χ0n) is 17.5. The molecule has 0 saturated carbocycles. The number of nitrogens with one attached hydrogen (secondary N) is 1. The fourth-order valence-electron chi connectivity index (χ4n) is 4.19. The minimum Gasteiger partial charge on any atom is -0.489 e. The number of allylic oxidation sites excluding steroid dienone is 1. The smallest absolute Gasteiger partial charge is 0.255 e. The molecule has 162 valence electrons. The lowest BCUT2D eigenvalue weighted by Gasteiger charge is -2.31. The van der Waals surface area contributed by atoms with Crippen molar-refractivity contribution in [2.24, 2.45) is 0 Å². The Kier molecular flexibility index (Phi) is 5.18. The first kappa shape index (κ1) is 20.0. The van der Waals surface area contributed by atoms with Gasteiger partial charge in [-0.3, -0.25) is 9.59 Å². The van der Waals surface area contributed by atoms with E-state index in [2.05, 4.69) is 34.2 Å². The van der Waals surface area contributed by atoms with Crippen LogP contribution in [0.3, 0.4) is 0 Å². The van der Waals surface area contributed by atoms with E-state index in [1.165, 1.54) is 0 Å². The molecule has 1 saturated heterocycles. The van der Waals surface area contributed by atoms with Gasteiger partial charge < -0.3 is 19.5 Å². The molecule has 32 heavy (non-hydrogen) atoms. The maximum atomic E-state index is 13.0. The van der Waals surface area contributed by atoms with Gasteiger partial charge in [0.15, 0.2) is 0 Å². The Morgan fingerprint density at radius 1 is 1.06 bits per heavy atom. The van der Waals surface area contributed by atoms with Gasteiger partial charge in [-0.05, 0) is 36.1 Å². The number of piperidine rings is 1. The van der Waals surface area contributed by atoms with Crippen molar-refractivity contribution in [1.82, 2.24) is 25.0 Å². The summed E-state index contributed by atoms with van der Waals surface area (Å²) < 4.78 is 8.00. The number of carbonyl (C=O) groups excluding carboxylic acids is 2. The molecule has 8 nitrogen and oxygen atoms in total. The summed E-state index contributed by atoms with van der Waals surface area (Å²) in [5, 5.41) is 10.4. The Bertz CT molecular complexity index is 1170. The number of nitrogens with zero attached hydrogens (tertiary/aromatic N) is 4. The summed E-state index contributed by atoms with van der Waals surface area (Å²) in [6.45, 7) is 5.28. The quantitative estimate of drug-likeness (QED) is 0.651. The van der Waals surface area contributed by atoms with Crippen molar-refractivity contribution < 1.29 is 14.3 Å². The molecule has 0 spiro atoms. The van der Waals surface area contributed by atoms with Crippen LogP contribution in [0, 0.1) is 0 Å². The Morgan fingerprint density at radius 3 is 2.56 bits per heavy atom. The molecule has 3 aromatic rings. The van der Waals surface area contributed by atoms with Crippen LogP contribution in [-0.2, 0) is 24.5 Å². The van der Waals surface area contributed by atoms with E-state index in [1.54, 1.807) is 23.6 Å². The lowest BCUT2D eigenvalue weighted by Crippen LogP contribution is -2.49. The molecule has 2 aliphatic rings. The third kappa shape index (κ3) is 3.87. The summed E-state index contributed by atoms with van der Waals surface area (Å²) in [6.07, 6.45) is 4.63. The summed E-state index contributed by atoms with van der Waals surface area (Å²) in [5.74, 6) is 0.375. The van der Waals surface area contributed by atoms with E-state index in [0.29, 0.717) is 49.5 Å². The predicted octanol–water partition coefficient (Wildman–Crippen LogP) is 2.65. The Hall–Kier alpha value is -3.94. The zero-order valence-corrected chi connectivity index (χ0v) is 17.5. The van der Waals surface area contributed by atoms with Crippen LogP contribution >= 0.6 is 0 Å². The van der Waals surface area contributed by atoms with Crippen LogP contribution < -0.4 is 10.1 Å². The third-order valence-electron chi connectivity index (χ3n) is 5.90. The number of hydrogen-bond donors (Lipinski definition) is 1. The fraction of sp³-hybridized carbons (Fsp3) is 0.250. The molecule has 0 bridgehead atoms. The number of rotatable bonds is 6. The number of aromatic nitrogens is 3. The molecule has 1 N–H and O–H groups in total. The Morgan fingerprint density at radius 2 is 1.81 bits per heavy atom. The van der Waals surface area contributed by atoms with Crippen LogP contribution in [-0.4, -0.2) is 37.5 Å². The molecule has 2 aromatic carbocycles. The van der Waals surface area contributed by atoms with Gasteiger partial charge in [-0.1, -0.05) is 36.9 Å². The van der Waals surface area contributed by atoms with Gasteiger partial charge in [0.05, 0.1) is 6.54 Å². The van der Waals surface area contributed by atoms with Gasteiger partial charge in [-0.2, -0.15) is 0 Å². The second kappa shape index (κ2) is 8.30. The van der Waals surface area contributed by atoms with Crippen molar-refractivity contribution in [3.63, 3.8) is 0 Å². The van der Waals surface area contributed by atoms with Crippen molar-refractivity contribution in [1.29, 1.82) is 0 Å². The molecule has 2 amide bonds. The second-order valence-corrected chi connectivity index (χ2v) is 8.10. The molecule has 3 heterocycles. The molecule has 0 aliphatic carbocycles. The summed E-state index contributed by atoms with van der Waals surface area (Å²) in [7, 11) is 0. The highest BCUT2D eigenvalue weighted by molar-refractivity contribution is 6.02. The van der Waals surface area contributed by atoms with Gasteiger partial charge in [0.2, 0.25) is 5.91 Å². The van der Waals surface area contributed by atoms with Gasteiger partial charge in [0.25, 0.3) is 5.91 Å². The van der Waals surface area contributed by atoms with Crippen molar-refractivity contribution >= 4 is 11.8 Å². The maximum absolute atomic E-state index is 13.0. The lowest BCUT2D eigenvalue weighted by atomic mass is 10.0. The molecule has 2 aliphatic heterocycles. The maximum Gasteiger partial charge on any atom is 0.255 e. The molecule has 1 unspecified atom stereocenters. The molecule has 1 atom stereocenters. The fourth-order valence-corrected chi connectivity index (χ4v) is 4.19. The van der Waals surface area contributed by atoms with E-state index in [9.17, 15) is 9.59 Å². The number of carbonyl (C=O) groups is 2. The van der Waals surface area contributed by atoms with Gasteiger partial charge >= 0.3 is 0 Å². The van der Waals surface area contributed by atoms with Crippen molar-refractivity contribution in [3.8, 4) is 5.75 Å². The molecule has 1 fully saturated rings. The standard InChI is InChI=1S/C24H23N5O3/c1-16-5-10-21(23(30)27-16)29-12-20-19(24(29)31)3-2-4-22(20)32-13-18-8-6-17(7-9-18)11-28-14-25-26-15-28/h2-4,6-9,14-15,21H,1,5,10-13H2,(H,27,30). The minimum atomic E-state index is -0.480. The van der Waals surface area contributed by atoms with Gasteiger partial charge in [0, 0.05) is 23.4 Å². The predicted molar refractivity (Wildman–Crippen MR) is 117 cm³/mol. The van der Waals surface area contributed by atoms with Gasteiger partial charge in [0.1, 0.15) is 31.1 Å². The van der Waals surface area contributed by atoms with Crippen molar-refractivity contribution in [3.05, 3.63) is 89.6 Å². The van der Waals surface area contributed by atoms with E-state index < -0.39 is 6.04 Å². The summed E-state index contributed by atoms with van der Waals surface area (Å²) in [5.41, 5.74) is 4.31. The number of fused-ring (bicyclic) bond motifs is 1. The monoisotopic (exact) mass is 429 g/mol. The highest BCUT2D eigenvalue weighted by Gasteiger charge is 2.39. The van der Waals surface area contributed by atoms with Crippen LogP contribution in [0.5, 0.6) is 5.75 Å². The highest BCUT2D eigenvalue weighted by atomic mass is 16.5. The van der Waals surface area contributed by atoms with E-state index in [-0.39, 0.29) is 11.8 Å². The zero-order chi connectivity index (χ0) is 22.1. The Labute approximate surface area is 185 Å². The topological polar surface area (TPSA) is 89.3 Å². The van der Waals surface area contributed by atoms with Crippen LogP contribution in [0.15, 0.2) is 67.4 Å². The molecule has 1 aromatic heterocycles. The number of ether oxygens (including phenoxy) is 1. The minimum absolute atomic E-state index is 0.128. The molecular weight excluding hydrogens is 406 g/mol. The first-order valence-corrected chi connectivity index (χ1v) is 10.5. The van der Waals surface area contributed by atoms with Crippen LogP contribution in [0.2, 0.25) is 0 Å². The Balaban J connectivity index is 1.27. The van der Waals surface area contributed by atoms with Crippen LogP contribution in [0.1, 0.15) is 39.9 Å². The molecule has 5 rings (SSSR count). The van der Waals surface area contributed by atoms with Crippen LogP contribution in [0.25, 0.3) is 0 Å². The third-order valence-corrected chi connectivity index (χ3v) is 5.90. The van der Waals surface area contributed by atoms with Crippen LogP contribution in [0.4, 0.5) is 0 Å². The molecular formula is C24H23N5O3. The van der Waals surface area contributed by atoms with E-state index in [4.69, 9.17) is 4.74 Å². The van der Waals surface area contributed by atoms with Crippen molar-refractivity contribution in [2.75, 3.05) is 0 Å². The molecule has 8 heteroatoms. The summed E-state index contributed by atoms with van der Waals surface area (Å²) in [4.78, 5) is 27.0. The largest absolute Gasteiger partial charge is 0.489 e. The molecule has 0 radical (unpaired) electrons. The summed E-state index contributed by atoms with van der Waals surface area (Å²) in [6, 6.07) is 13.2. The lowest BCUT2D eigenvalue weighted by molar-refractivity contribution is -0.126. The van der Waals surface area contributed by atoms with Gasteiger partial charge in [-0.25, -0.2) is 0 Å². The number of amides is 2. The average molecular weight is 429 g/mol. The summed E-state index contributed by atoms with van der Waals surface area (Å²) >= 11 is 0. The number of hydrogen-bond acceptors (Lipinski definition) is 5. The van der Waals surface area contributed by atoms with E-state index in [1.807, 2.05) is 28.8 Å². The SMILES string of the molecule is C=C1CCC(N2Cc3c(OCc4ccc(Cn5cnnc5)cc4)cccc3C2=O)C(=O)N1. The van der Waals surface area contributed by atoms with E-state index in [0.717, 1.165) is 16.7 Å². The van der Waals surface area contributed by atoms with Crippen molar-refractivity contribution in [2.45, 2.75) is 38.6 Å². The first-order valence-electron chi connectivity index (χ1n) is 10.5. The highest BCUT2D eigenvalue weighted by Crippen LogP contribution is 2.34.